The number of carbonyl (C=O) groups excluding carboxylic acids is 1. The maximum absolute atomic E-state index is 12.2. The maximum Gasteiger partial charge on any atom is 0.234 e. The molecule has 0 bridgehead atoms. The van der Waals surface area contributed by atoms with Crippen molar-refractivity contribution in [2.75, 3.05) is 11.1 Å². The Kier molecular flexibility index (Phi) is 6.82. The Balaban J connectivity index is 1.59. The van der Waals surface area contributed by atoms with Crippen LogP contribution in [-0.4, -0.2) is 26.4 Å². The third kappa shape index (κ3) is 5.52. The number of amides is 1. The normalized spacial score (nSPS) is 11.9. The number of aromatic nitrogens is 3. The van der Waals surface area contributed by atoms with Crippen LogP contribution in [0.3, 0.4) is 0 Å². The number of benzene rings is 2. The first-order chi connectivity index (χ1) is 13.8. The molecule has 6 nitrogen and oxygen atoms in total. The Morgan fingerprint density at radius 3 is 2.62 bits per heavy atom. The van der Waals surface area contributed by atoms with Gasteiger partial charge in [0.25, 0.3) is 0 Å². The lowest BCUT2D eigenvalue weighted by Gasteiger charge is -2.16. The van der Waals surface area contributed by atoms with Gasteiger partial charge in [0.15, 0.2) is 17.1 Å². The molecule has 1 N–H and O–H groups in total. The van der Waals surface area contributed by atoms with Crippen molar-refractivity contribution in [1.29, 1.82) is 0 Å². The molecule has 2 aromatic carbocycles. The molecule has 0 saturated heterocycles. The number of anilines is 1. The third-order valence-corrected chi connectivity index (χ3v) is 5.60. The van der Waals surface area contributed by atoms with Crippen molar-refractivity contribution in [3.63, 3.8) is 0 Å². The molecule has 0 aliphatic rings. The van der Waals surface area contributed by atoms with Crippen molar-refractivity contribution in [3.05, 3.63) is 64.4 Å². The molecule has 3 rings (SSSR count). The van der Waals surface area contributed by atoms with Gasteiger partial charge in [-0.1, -0.05) is 41.1 Å². The highest BCUT2D eigenvalue weighted by molar-refractivity contribution is 7.99. The van der Waals surface area contributed by atoms with Gasteiger partial charge in [-0.05, 0) is 56.7 Å². The predicted molar refractivity (Wildman–Crippen MR) is 117 cm³/mol. The Morgan fingerprint density at radius 2 is 1.93 bits per heavy atom. The Hall–Kier alpha value is -2.51. The molecule has 1 heterocycles. The summed E-state index contributed by atoms with van der Waals surface area (Å²) in [6, 6.07) is 13.1. The van der Waals surface area contributed by atoms with Crippen LogP contribution in [0.2, 0.25) is 5.02 Å². The van der Waals surface area contributed by atoms with Crippen LogP contribution < -0.4 is 10.1 Å². The molecular weight excluding hydrogens is 408 g/mol. The van der Waals surface area contributed by atoms with E-state index in [0.29, 0.717) is 21.7 Å². The molecule has 0 saturated carbocycles. The molecule has 0 aliphatic carbocycles. The van der Waals surface area contributed by atoms with Crippen LogP contribution >= 0.6 is 23.4 Å². The SMILES string of the molecule is Cc1ccc(OC(C)c2nnc(SCC(=O)Nc3ccc(Cl)cc3)n2C)c(C)c1. The van der Waals surface area contributed by atoms with Crippen LogP contribution in [0.5, 0.6) is 5.75 Å². The number of ether oxygens (including phenoxy) is 1. The van der Waals surface area contributed by atoms with Crippen LogP contribution in [0.15, 0.2) is 47.6 Å². The minimum absolute atomic E-state index is 0.124. The number of halogens is 1. The highest BCUT2D eigenvalue weighted by Crippen LogP contribution is 2.26. The monoisotopic (exact) mass is 430 g/mol. The summed E-state index contributed by atoms with van der Waals surface area (Å²) >= 11 is 7.18. The lowest BCUT2D eigenvalue weighted by molar-refractivity contribution is -0.113. The summed E-state index contributed by atoms with van der Waals surface area (Å²) in [7, 11) is 1.87. The van der Waals surface area contributed by atoms with E-state index in [4.69, 9.17) is 16.3 Å². The van der Waals surface area contributed by atoms with Crippen LogP contribution in [0, 0.1) is 13.8 Å². The molecule has 0 spiro atoms. The van der Waals surface area contributed by atoms with Gasteiger partial charge in [0.05, 0.1) is 5.75 Å². The zero-order valence-corrected chi connectivity index (χ0v) is 18.3. The second-order valence-electron chi connectivity index (χ2n) is 6.77. The van der Waals surface area contributed by atoms with Gasteiger partial charge in [0.1, 0.15) is 5.75 Å². The molecule has 0 radical (unpaired) electrons. The van der Waals surface area contributed by atoms with Crippen LogP contribution in [0.25, 0.3) is 0 Å². The molecule has 0 aliphatic heterocycles. The third-order valence-electron chi connectivity index (χ3n) is 4.33. The Bertz CT molecular complexity index is 1000. The molecule has 0 fully saturated rings. The second-order valence-corrected chi connectivity index (χ2v) is 8.15. The summed E-state index contributed by atoms with van der Waals surface area (Å²) < 4.78 is 7.93. The van der Waals surface area contributed by atoms with Crippen molar-refractivity contribution >= 4 is 35.0 Å². The molecule has 1 atom stereocenters. The lowest BCUT2D eigenvalue weighted by atomic mass is 10.1. The van der Waals surface area contributed by atoms with E-state index in [-0.39, 0.29) is 17.8 Å². The van der Waals surface area contributed by atoms with Crippen molar-refractivity contribution in [1.82, 2.24) is 14.8 Å². The number of nitrogens with one attached hydrogen (secondary N) is 1. The van der Waals surface area contributed by atoms with E-state index in [1.165, 1.54) is 17.3 Å². The molecule has 8 heteroatoms. The highest BCUT2D eigenvalue weighted by Gasteiger charge is 2.18. The van der Waals surface area contributed by atoms with Gasteiger partial charge >= 0.3 is 0 Å². The zero-order chi connectivity index (χ0) is 21.0. The summed E-state index contributed by atoms with van der Waals surface area (Å²) in [5, 5.41) is 12.6. The first kappa shape index (κ1) is 21.2. The first-order valence-corrected chi connectivity index (χ1v) is 10.5. The number of rotatable bonds is 7. The van der Waals surface area contributed by atoms with E-state index in [0.717, 1.165) is 11.3 Å². The van der Waals surface area contributed by atoms with Gasteiger partial charge in [-0.25, -0.2) is 0 Å². The number of hydrogen-bond acceptors (Lipinski definition) is 5. The summed E-state index contributed by atoms with van der Waals surface area (Å²) in [6.07, 6.45) is -0.272. The van der Waals surface area contributed by atoms with Gasteiger partial charge in [-0.3, -0.25) is 4.79 Å². The molecule has 1 unspecified atom stereocenters. The molecule has 1 aromatic heterocycles. The fraction of sp³-hybridized carbons (Fsp3) is 0.286. The number of nitrogens with zero attached hydrogens (tertiary/aromatic N) is 3. The summed E-state index contributed by atoms with van der Waals surface area (Å²) in [5.41, 5.74) is 2.97. The first-order valence-electron chi connectivity index (χ1n) is 9.15. The van der Waals surface area contributed by atoms with E-state index < -0.39 is 0 Å². The number of aryl methyl sites for hydroxylation is 2. The lowest BCUT2D eigenvalue weighted by Crippen LogP contribution is -2.14. The molecule has 1 amide bonds. The molecular formula is C21H23ClN4O2S. The van der Waals surface area contributed by atoms with E-state index in [1.807, 2.05) is 37.6 Å². The van der Waals surface area contributed by atoms with Crippen LogP contribution in [0.4, 0.5) is 5.69 Å². The zero-order valence-electron chi connectivity index (χ0n) is 16.8. The number of hydrogen-bond donors (Lipinski definition) is 1. The Morgan fingerprint density at radius 1 is 1.21 bits per heavy atom. The number of carbonyl (C=O) groups is 1. The largest absolute Gasteiger partial charge is 0.482 e. The van der Waals surface area contributed by atoms with Crippen molar-refractivity contribution in [3.8, 4) is 5.75 Å². The topological polar surface area (TPSA) is 69.0 Å². The quantitative estimate of drug-likeness (QED) is 0.536. The van der Waals surface area contributed by atoms with Gasteiger partial charge in [0.2, 0.25) is 5.91 Å². The highest BCUT2D eigenvalue weighted by atomic mass is 35.5. The summed E-state index contributed by atoms with van der Waals surface area (Å²) in [5.74, 6) is 1.62. The summed E-state index contributed by atoms with van der Waals surface area (Å²) in [4.78, 5) is 12.2. The maximum atomic E-state index is 12.2. The van der Waals surface area contributed by atoms with Gasteiger partial charge in [-0.2, -0.15) is 0 Å². The second kappa shape index (κ2) is 9.33. The minimum Gasteiger partial charge on any atom is -0.482 e. The summed E-state index contributed by atoms with van der Waals surface area (Å²) in [6.45, 7) is 6.01. The average Bonchev–Trinajstić information content (AvgIpc) is 3.05. The van der Waals surface area contributed by atoms with Crippen molar-refractivity contribution in [2.24, 2.45) is 7.05 Å². The Labute approximate surface area is 179 Å². The molecule has 29 heavy (non-hydrogen) atoms. The van der Waals surface area contributed by atoms with Gasteiger partial charge < -0.3 is 14.6 Å². The van der Waals surface area contributed by atoms with E-state index >= 15 is 0 Å². The fourth-order valence-corrected chi connectivity index (χ4v) is 3.69. The van der Waals surface area contributed by atoms with Gasteiger partial charge in [-0.15, -0.1) is 10.2 Å². The number of thioether (sulfide) groups is 1. The van der Waals surface area contributed by atoms with Crippen molar-refractivity contribution < 1.29 is 9.53 Å². The van der Waals surface area contributed by atoms with E-state index in [2.05, 4.69) is 28.5 Å². The standard InChI is InChI=1S/C21H23ClN4O2S/c1-13-5-10-18(14(2)11-13)28-15(3)20-24-25-21(26(20)4)29-12-19(27)23-17-8-6-16(22)7-9-17/h5-11,15H,12H2,1-4H3,(H,23,27). The van der Waals surface area contributed by atoms with E-state index in [9.17, 15) is 4.79 Å². The average molecular weight is 431 g/mol. The minimum atomic E-state index is -0.272. The van der Waals surface area contributed by atoms with Crippen LogP contribution in [-0.2, 0) is 11.8 Å². The smallest absolute Gasteiger partial charge is 0.234 e. The van der Waals surface area contributed by atoms with E-state index in [1.54, 1.807) is 24.3 Å². The fourth-order valence-electron chi connectivity index (χ4n) is 2.84. The molecule has 152 valence electrons. The predicted octanol–water partition coefficient (Wildman–Crippen LogP) is 4.96. The van der Waals surface area contributed by atoms with Crippen molar-refractivity contribution in [2.45, 2.75) is 32.0 Å². The van der Waals surface area contributed by atoms with Crippen LogP contribution in [0.1, 0.15) is 30.0 Å². The molecule has 3 aromatic rings. The van der Waals surface area contributed by atoms with Gasteiger partial charge in [0, 0.05) is 17.8 Å².